The Balaban J connectivity index is 1.79. The van der Waals surface area contributed by atoms with Gasteiger partial charge in [0.2, 0.25) is 0 Å². The molecule has 0 aromatic carbocycles. The summed E-state index contributed by atoms with van der Waals surface area (Å²) in [6.07, 6.45) is 5.31. The number of ether oxygens (including phenoxy) is 1. The number of rotatable bonds is 3. The van der Waals surface area contributed by atoms with E-state index in [1.54, 1.807) is 0 Å². The van der Waals surface area contributed by atoms with Crippen molar-refractivity contribution in [2.45, 2.75) is 44.4 Å². The van der Waals surface area contributed by atoms with Crippen molar-refractivity contribution in [2.75, 3.05) is 19.8 Å². The van der Waals surface area contributed by atoms with Crippen LogP contribution in [0.15, 0.2) is 18.3 Å². The van der Waals surface area contributed by atoms with Crippen LogP contribution in [0.2, 0.25) is 0 Å². The third kappa shape index (κ3) is 2.36. The number of aromatic nitrogens is 1. The number of carbonyl (C=O) groups excluding carboxylic acids is 1. The molecule has 1 aromatic heterocycles. The lowest BCUT2D eigenvalue weighted by atomic mass is 9.93. The van der Waals surface area contributed by atoms with E-state index in [1.807, 2.05) is 30.2 Å². The second kappa shape index (κ2) is 5.58. The summed E-state index contributed by atoms with van der Waals surface area (Å²) in [5.74, 6) is 0.0520. The van der Waals surface area contributed by atoms with Gasteiger partial charge in [-0.25, -0.2) is 0 Å². The zero-order valence-electron chi connectivity index (χ0n) is 11.9. The maximum atomic E-state index is 12.8. The molecular formula is C15H22N2O3. The third-order valence-electron chi connectivity index (χ3n) is 4.44. The Hall–Kier alpha value is -1.33. The standard InChI is InChI=1S/C15H22N2O3/c1-11-10-20-13(9-18)8-17(11)15(19)14-6-3-7-16(14)12-4-2-5-12/h3,6-7,11-13,18H,2,4-5,8-10H2,1H3. The van der Waals surface area contributed by atoms with Crippen LogP contribution in [-0.2, 0) is 4.74 Å². The molecule has 2 fully saturated rings. The molecule has 3 rings (SSSR count). The zero-order chi connectivity index (χ0) is 14.1. The van der Waals surface area contributed by atoms with Crippen LogP contribution in [0.25, 0.3) is 0 Å². The molecule has 0 radical (unpaired) electrons. The van der Waals surface area contributed by atoms with Crippen molar-refractivity contribution in [2.24, 2.45) is 0 Å². The number of aliphatic hydroxyl groups is 1. The zero-order valence-corrected chi connectivity index (χ0v) is 11.9. The van der Waals surface area contributed by atoms with E-state index in [0.29, 0.717) is 19.2 Å². The van der Waals surface area contributed by atoms with Crippen molar-refractivity contribution in [3.05, 3.63) is 24.0 Å². The molecule has 5 heteroatoms. The van der Waals surface area contributed by atoms with Crippen molar-refractivity contribution >= 4 is 5.91 Å². The van der Waals surface area contributed by atoms with Crippen LogP contribution < -0.4 is 0 Å². The molecule has 20 heavy (non-hydrogen) atoms. The average Bonchev–Trinajstić information content (AvgIpc) is 2.85. The fourth-order valence-electron chi connectivity index (χ4n) is 2.92. The molecular weight excluding hydrogens is 256 g/mol. The second-order valence-corrected chi connectivity index (χ2v) is 5.83. The normalized spacial score (nSPS) is 27.4. The van der Waals surface area contributed by atoms with Gasteiger partial charge >= 0.3 is 0 Å². The molecule has 1 saturated heterocycles. The molecule has 1 aromatic rings. The minimum Gasteiger partial charge on any atom is -0.394 e. The Bertz CT molecular complexity index is 481. The number of carbonyl (C=O) groups is 1. The molecule has 2 heterocycles. The van der Waals surface area contributed by atoms with Gasteiger partial charge in [-0.3, -0.25) is 4.79 Å². The van der Waals surface area contributed by atoms with Crippen molar-refractivity contribution in [3.63, 3.8) is 0 Å². The summed E-state index contributed by atoms with van der Waals surface area (Å²) < 4.78 is 7.61. The Labute approximate surface area is 119 Å². The number of hydrogen-bond acceptors (Lipinski definition) is 3. The van der Waals surface area contributed by atoms with Gasteiger partial charge in [0.1, 0.15) is 5.69 Å². The van der Waals surface area contributed by atoms with Gasteiger partial charge in [0.05, 0.1) is 25.4 Å². The molecule has 1 aliphatic heterocycles. The van der Waals surface area contributed by atoms with Crippen LogP contribution in [-0.4, -0.2) is 52.4 Å². The van der Waals surface area contributed by atoms with Crippen molar-refractivity contribution in [1.82, 2.24) is 9.47 Å². The molecule has 0 spiro atoms. The lowest BCUT2D eigenvalue weighted by Crippen LogP contribution is -2.52. The largest absolute Gasteiger partial charge is 0.394 e. The molecule has 1 amide bonds. The minimum atomic E-state index is -0.262. The fourth-order valence-corrected chi connectivity index (χ4v) is 2.92. The molecule has 1 N–H and O–H groups in total. The van der Waals surface area contributed by atoms with Crippen molar-refractivity contribution in [1.29, 1.82) is 0 Å². The highest BCUT2D eigenvalue weighted by molar-refractivity contribution is 5.93. The van der Waals surface area contributed by atoms with Crippen LogP contribution in [0, 0.1) is 0 Å². The summed E-state index contributed by atoms with van der Waals surface area (Å²) in [4.78, 5) is 14.6. The van der Waals surface area contributed by atoms with Gasteiger partial charge < -0.3 is 19.3 Å². The highest BCUT2D eigenvalue weighted by Crippen LogP contribution is 2.33. The van der Waals surface area contributed by atoms with Gasteiger partial charge in [0.15, 0.2) is 0 Å². The number of morpholine rings is 1. The molecule has 5 nitrogen and oxygen atoms in total. The Morgan fingerprint density at radius 1 is 1.50 bits per heavy atom. The summed E-state index contributed by atoms with van der Waals surface area (Å²) in [5, 5.41) is 9.23. The maximum absolute atomic E-state index is 12.8. The SMILES string of the molecule is CC1COC(CO)CN1C(=O)c1cccn1C1CCC1. The van der Waals surface area contributed by atoms with Gasteiger partial charge in [0, 0.05) is 18.8 Å². The van der Waals surface area contributed by atoms with Crippen LogP contribution >= 0.6 is 0 Å². The summed E-state index contributed by atoms with van der Waals surface area (Å²) >= 11 is 0. The first-order valence-corrected chi connectivity index (χ1v) is 7.41. The van der Waals surface area contributed by atoms with Crippen molar-refractivity contribution < 1.29 is 14.6 Å². The summed E-state index contributed by atoms with van der Waals surface area (Å²) in [6.45, 7) is 2.90. The maximum Gasteiger partial charge on any atom is 0.270 e. The van der Waals surface area contributed by atoms with E-state index < -0.39 is 0 Å². The Morgan fingerprint density at radius 2 is 2.30 bits per heavy atom. The predicted octanol–water partition coefficient (Wildman–Crippen LogP) is 1.43. The molecule has 1 aliphatic carbocycles. The molecule has 2 aliphatic rings. The Morgan fingerprint density at radius 3 is 2.95 bits per heavy atom. The number of hydrogen-bond donors (Lipinski definition) is 1. The predicted molar refractivity (Wildman–Crippen MR) is 74.6 cm³/mol. The van der Waals surface area contributed by atoms with E-state index in [0.717, 1.165) is 18.5 Å². The van der Waals surface area contributed by atoms with Crippen LogP contribution in [0.4, 0.5) is 0 Å². The molecule has 2 atom stereocenters. The van der Waals surface area contributed by atoms with E-state index in [9.17, 15) is 9.90 Å². The van der Waals surface area contributed by atoms with Crippen LogP contribution in [0.3, 0.4) is 0 Å². The smallest absolute Gasteiger partial charge is 0.270 e. The van der Waals surface area contributed by atoms with Gasteiger partial charge in [-0.05, 0) is 38.3 Å². The van der Waals surface area contributed by atoms with Gasteiger partial charge in [-0.15, -0.1) is 0 Å². The number of aliphatic hydroxyl groups excluding tert-OH is 1. The first-order chi connectivity index (χ1) is 9.70. The molecule has 110 valence electrons. The lowest BCUT2D eigenvalue weighted by molar-refractivity contribution is -0.0670. The summed E-state index contributed by atoms with van der Waals surface area (Å²) in [7, 11) is 0. The number of amides is 1. The second-order valence-electron chi connectivity index (χ2n) is 5.83. The van der Waals surface area contributed by atoms with E-state index >= 15 is 0 Å². The molecule has 0 bridgehead atoms. The van der Waals surface area contributed by atoms with E-state index in [-0.39, 0.29) is 24.7 Å². The monoisotopic (exact) mass is 278 g/mol. The topological polar surface area (TPSA) is 54.7 Å². The van der Waals surface area contributed by atoms with Crippen molar-refractivity contribution in [3.8, 4) is 0 Å². The highest BCUT2D eigenvalue weighted by Gasteiger charge is 2.32. The summed E-state index contributed by atoms with van der Waals surface area (Å²) in [6, 6.07) is 4.38. The van der Waals surface area contributed by atoms with Crippen LogP contribution in [0.1, 0.15) is 42.7 Å². The quantitative estimate of drug-likeness (QED) is 0.910. The third-order valence-corrected chi connectivity index (χ3v) is 4.44. The molecule has 2 unspecified atom stereocenters. The molecule has 1 saturated carbocycles. The average molecular weight is 278 g/mol. The number of nitrogens with zero attached hydrogens (tertiary/aromatic N) is 2. The van der Waals surface area contributed by atoms with Gasteiger partial charge in [-0.2, -0.15) is 0 Å². The van der Waals surface area contributed by atoms with E-state index in [1.165, 1.54) is 6.42 Å². The summed E-state index contributed by atoms with van der Waals surface area (Å²) in [5.41, 5.74) is 0.764. The lowest BCUT2D eigenvalue weighted by Gasteiger charge is -2.38. The fraction of sp³-hybridized carbons (Fsp3) is 0.667. The minimum absolute atomic E-state index is 0.0415. The first-order valence-electron chi connectivity index (χ1n) is 7.41. The highest BCUT2D eigenvalue weighted by atomic mass is 16.5. The Kier molecular flexibility index (Phi) is 3.81. The van der Waals surface area contributed by atoms with Gasteiger partial charge in [-0.1, -0.05) is 0 Å². The van der Waals surface area contributed by atoms with Gasteiger partial charge in [0.25, 0.3) is 5.91 Å². The van der Waals surface area contributed by atoms with Crippen LogP contribution in [0.5, 0.6) is 0 Å². The first kappa shape index (κ1) is 13.6. The van der Waals surface area contributed by atoms with E-state index in [2.05, 4.69) is 4.57 Å². The van der Waals surface area contributed by atoms with E-state index in [4.69, 9.17) is 4.74 Å².